The van der Waals surface area contributed by atoms with Gasteiger partial charge in [0.05, 0.1) is 10.4 Å². The molecule has 0 bridgehead atoms. The predicted molar refractivity (Wildman–Crippen MR) is 150 cm³/mol. The van der Waals surface area contributed by atoms with E-state index in [0.717, 1.165) is 5.69 Å². The molecule has 3 aromatic rings. The Hall–Kier alpha value is -2.64. The van der Waals surface area contributed by atoms with Crippen molar-refractivity contribution in [1.29, 1.82) is 0 Å². The Balaban J connectivity index is 0.00000337. The topological polar surface area (TPSA) is 206 Å². The predicted octanol–water partition coefficient (Wildman–Crippen LogP) is 0.125. The van der Waals surface area contributed by atoms with Crippen LogP contribution in [0.25, 0.3) is 21.4 Å². The molecule has 43 heavy (non-hydrogen) atoms. The summed E-state index contributed by atoms with van der Waals surface area (Å²) in [5.74, 6) is -1.72. The van der Waals surface area contributed by atoms with E-state index >= 15 is 0 Å². The summed E-state index contributed by atoms with van der Waals surface area (Å²) in [6.45, 7) is 3.11. The Morgan fingerprint density at radius 1 is 1.02 bits per heavy atom. The van der Waals surface area contributed by atoms with Gasteiger partial charge in [-0.1, -0.05) is 6.42 Å². The third kappa shape index (κ3) is 8.30. The number of carbonyl (C=O) groups excluding carboxylic acids is 3. The van der Waals surface area contributed by atoms with E-state index in [-0.39, 0.29) is 61.4 Å². The molecule has 2 N–H and O–H groups in total. The molecule has 3 heterocycles. The van der Waals surface area contributed by atoms with Gasteiger partial charge in [-0.15, -0.1) is 16.4 Å². The van der Waals surface area contributed by atoms with E-state index in [2.05, 4.69) is 0 Å². The minimum absolute atomic E-state index is 0. The van der Waals surface area contributed by atoms with Crippen LogP contribution >= 0.6 is 11.3 Å². The molecule has 1 aromatic carbocycles. The van der Waals surface area contributed by atoms with E-state index in [0.29, 0.717) is 60.2 Å². The number of nitrogens with zero attached hydrogens (tertiary/aromatic N) is 2. The van der Waals surface area contributed by atoms with Gasteiger partial charge >= 0.3 is 51.3 Å². The molecule has 228 valence electrons. The number of imide groups is 1. The second-order valence-corrected chi connectivity index (χ2v) is 13.4. The van der Waals surface area contributed by atoms with Crippen LogP contribution in [0.5, 0.6) is 0 Å². The zero-order chi connectivity index (χ0) is 30.8. The molecule has 0 unspecified atom stereocenters. The van der Waals surface area contributed by atoms with Crippen LogP contribution in [0.1, 0.15) is 46.9 Å². The van der Waals surface area contributed by atoms with Crippen molar-refractivity contribution >= 4 is 66.0 Å². The van der Waals surface area contributed by atoms with E-state index in [1.807, 2.05) is 11.8 Å². The standard InChI is InChI=1S/C25H26N2O12S3.Na.H/c1-2-26(11-5-3-4-6-22(30)39-27-20(28)9-10-21(27)29)16-8-7-15-12-17(25(31)38-18(15)13-16)24-19(41(32,33)34)14-23(40-24)42(35,36)37;;/h7-8,12-14H,2-6,9-11H2,1H3,(H,32,33,34)(H,35,36,37);;/q;+1;-1. The van der Waals surface area contributed by atoms with Gasteiger partial charge in [0, 0.05) is 49.5 Å². The number of hydrogen-bond acceptors (Lipinski definition) is 12. The second-order valence-electron chi connectivity index (χ2n) is 9.31. The number of unbranched alkanes of at least 4 members (excludes halogenated alkanes) is 2. The van der Waals surface area contributed by atoms with Gasteiger partial charge in [-0.25, -0.2) is 9.59 Å². The van der Waals surface area contributed by atoms with Crippen molar-refractivity contribution in [2.75, 3.05) is 18.0 Å². The van der Waals surface area contributed by atoms with Gasteiger partial charge in [-0.05, 0) is 44.0 Å². The van der Waals surface area contributed by atoms with Crippen LogP contribution < -0.4 is 40.1 Å². The molecule has 0 aliphatic carbocycles. The van der Waals surface area contributed by atoms with Gasteiger partial charge < -0.3 is 15.6 Å². The molecular weight excluding hydrogens is 639 g/mol. The third-order valence-corrected chi connectivity index (χ3v) is 9.90. The number of anilines is 1. The van der Waals surface area contributed by atoms with Crippen molar-refractivity contribution in [3.8, 4) is 10.4 Å². The molecule has 1 aliphatic heterocycles. The summed E-state index contributed by atoms with van der Waals surface area (Å²) in [5, 5.41) is 0.910. The zero-order valence-corrected chi connectivity index (χ0v) is 27.6. The molecule has 0 radical (unpaired) electrons. The molecule has 4 rings (SSSR count). The fourth-order valence-electron chi connectivity index (χ4n) is 4.34. The molecule has 14 nitrogen and oxygen atoms in total. The zero-order valence-electron chi connectivity index (χ0n) is 24.1. The maximum atomic E-state index is 12.8. The van der Waals surface area contributed by atoms with E-state index in [1.54, 1.807) is 18.2 Å². The number of carbonyl (C=O) groups is 3. The quantitative estimate of drug-likeness (QED) is 0.0868. The minimum atomic E-state index is -4.95. The van der Waals surface area contributed by atoms with Crippen LogP contribution in [0.3, 0.4) is 0 Å². The second kappa shape index (κ2) is 14.0. The van der Waals surface area contributed by atoms with Crippen molar-refractivity contribution in [1.82, 2.24) is 5.06 Å². The number of hydroxylamine groups is 2. The Morgan fingerprint density at radius 2 is 1.70 bits per heavy atom. The monoisotopic (exact) mass is 666 g/mol. The maximum Gasteiger partial charge on any atom is 1.00 e. The van der Waals surface area contributed by atoms with Crippen molar-refractivity contribution in [2.24, 2.45) is 0 Å². The van der Waals surface area contributed by atoms with Crippen LogP contribution in [-0.4, -0.2) is 61.9 Å². The first-order valence-electron chi connectivity index (χ1n) is 12.7. The van der Waals surface area contributed by atoms with Crippen molar-refractivity contribution in [2.45, 2.75) is 54.6 Å². The van der Waals surface area contributed by atoms with Crippen LogP contribution in [0.2, 0.25) is 0 Å². The van der Waals surface area contributed by atoms with Gasteiger partial charge in [0.1, 0.15) is 14.7 Å². The third-order valence-electron chi connectivity index (χ3n) is 6.43. The average molecular weight is 667 g/mol. The fourth-order valence-corrected chi connectivity index (χ4v) is 7.27. The Bertz CT molecular complexity index is 1820. The van der Waals surface area contributed by atoms with Crippen LogP contribution in [-0.2, 0) is 39.5 Å². The van der Waals surface area contributed by atoms with Gasteiger partial charge in [0.2, 0.25) is 0 Å². The van der Waals surface area contributed by atoms with Gasteiger partial charge in [0.25, 0.3) is 21.9 Å². The number of fused-ring (bicyclic) bond motifs is 1. The van der Waals surface area contributed by atoms with Crippen LogP contribution in [0.15, 0.2) is 48.6 Å². The van der Waals surface area contributed by atoms with E-state index < -0.39 is 57.6 Å². The summed E-state index contributed by atoms with van der Waals surface area (Å²) in [7, 11) is -9.76. The first kappa shape index (κ1) is 34.8. The first-order chi connectivity index (χ1) is 19.7. The molecule has 2 amide bonds. The number of amides is 2. The molecular formula is C25H27N2NaO12S3. The molecule has 1 fully saturated rings. The Labute approximate surface area is 273 Å². The number of hydrogen-bond donors (Lipinski definition) is 2. The molecule has 1 saturated heterocycles. The summed E-state index contributed by atoms with van der Waals surface area (Å²) in [5.41, 5.74) is -0.407. The molecule has 18 heteroatoms. The van der Waals surface area contributed by atoms with Crippen LogP contribution in [0, 0.1) is 0 Å². The van der Waals surface area contributed by atoms with Gasteiger partial charge in [-0.3, -0.25) is 18.7 Å². The van der Waals surface area contributed by atoms with E-state index in [4.69, 9.17) is 9.25 Å². The Morgan fingerprint density at radius 3 is 2.30 bits per heavy atom. The van der Waals surface area contributed by atoms with Crippen LogP contribution in [0.4, 0.5) is 5.69 Å². The molecule has 0 atom stereocenters. The van der Waals surface area contributed by atoms with E-state index in [1.165, 1.54) is 6.07 Å². The number of thiophene rings is 1. The molecule has 0 saturated carbocycles. The largest absolute Gasteiger partial charge is 1.00 e. The molecule has 2 aromatic heterocycles. The summed E-state index contributed by atoms with van der Waals surface area (Å²) in [4.78, 5) is 53.5. The molecule has 1 aliphatic rings. The minimum Gasteiger partial charge on any atom is -1.00 e. The van der Waals surface area contributed by atoms with Crippen molar-refractivity contribution in [3.63, 3.8) is 0 Å². The van der Waals surface area contributed by atoms with Gasteiger partial charge in [-0.2, -0.15) is 16.8 Å². The number of benzene rings is 1. The normalized spacial score (nSPS) is 13.8. The summed E-state index contributed by atoms with van der Waals surface area (Å²) < 4.78 is 70.3. The first-order valence-corrected chi connectivity index (χ1v) is 16.4. The fraction of sp³-hybridized carbons (Fsp3) is 0.360. The summed E-state index contributed by atoms with van der Waals surface area (Å²) >= 11 is 0.297. The van der Waals surface area contributed by atoms with Gasteiger partial charge in [0.15, 0.2) is 0 Å². The summed E-state index contributed by atoms with van der Waals surface area (Å²) in [6, 6.07) is 6.86. The SMILES string of the molecule is CCN(CCCCCC(=O)ON1C(=O)CCC1=O)c1ccc2cc(-c3sc(S(=O)(=O)O)cc3S(=O)(=O)O)c(=O)oc2c1.[H-].[Na+]. The summed E-state index contributed by atoms with van der Waals surface area (Å²) in [6.07, 6.45) is 1.93. The maximum absolute atomic E-state index is 12.8. The number of rotatable bonds is 12. The van der Waals surface area contributed by atoms with Crippen molar-refractivity contribution in [3.05, 3.63) is 40.8 Å². The Kier molecular flexibility index (Phi) is 11.3. The smallest absolute Gasteiger partial charge is 1.00 e. The van der Waals surface area contributed by atoms with E-state index in [9.17, 15) is 45.1 Å². The van der Waals surface area contributed by atoms with Crippen molar-refractivity contribution < 1.29 is 80.6 Å². The molecule has 0 spiro atoms. The average Bonchev–Trinajstić information content (AvgIpc) is 3.50.